The number of thiophene rings is 1. The number of anilines is 1. The van der Waals surface area contributed by atoms with Gasteiger partial charge in [-0.1, -0.05) is 0 Å². The van der Waals surface area contributed by atoms with Crippen molar-refractivity contribution in [3.63, 3.8) is 0 Å². The number of nitrogens with one attached hydrogen (secondary N) is 1. The van der Waals surface area contributed by atoms with Crippen LogP contribution in [0.4, 0.5) is 5.00 Å². The molecule has 6 heteroatoms. The van der Waals surface area contributed by atoms with E-state index in [9.17, 15) is 14.7 Å². The standard InChI is InChI=1S/C15H19NO4S/c1-20-15(6-3-7-15)8-11(17)16-13-12(14(18)19)9-4-2-5-10(9)21-13/h2-8H2,1H3,(H,16,17)(H,18,19). The second-order valence-electron chi connectivity index (χ2n) is 5.83. The molecule has 1 aromatic heterocycles. The van der Waals surface area contributed by atoms with E-state index in [1.807, 2.05) is 0 Å². The summed E-state index contributed by atoms with van der Waals surface area (Å²) in [6.45, 7) is 0. The van der Waals surface area contributed by atoms with Gasteiger partial charge in [0, 0.05) is 12.0 Å². The molecule has 0 bridgehead atoms. The normalized spacial score (nSPS) is 18.9. The second-order valence-corrected chi connectivity index (χ2v) is 6.94. The van der Waals surface area contributed by atoms with Crippen molar-refractivity contribution in [3.8, 4) is 0 Å². The van der Waals surface area contributed by atoms with Gasteiger partial charge in [-0.3, -0.25) is 4.79 Å². The zero-order valence-corrected chi connectivity index (χ0v) is 12.8. The molecule has 114 valence electrons. The molecular weight excluding hydrogens is 290 g/mol. The Kier molecular flexibility index (Phi) is 3.75. The largest absolute Gasteiger partial charge is 0.478 e. The molecule has 3 rings (SSSR count). The van der Waals surface area contributed by atoms with Crippen LogP contribution < -0.4 is 5.32 Å². The molecule has 1 fully saturated rings. The number of rotatable bonds is 5. The van der Waals surface area contributed by atoms with Crippen LogP contribution in [-0.2, 0) is 22.4 Å². The van der Waals surface area contributed by atoms with Crippen molar-refractivity contribution in [1.82, 2.24) is 0 Å². The number of fused-ring (bicyclic) bond motifs is 1. The molecule has 1 amide bonds. The Bertz CT molecular complexity index is 583. The predicted molar refractivity (Wildman–Crippen MR) is 80.1 cm³/mol. The summed E-state index contributed by atoms with van der Waals surface area (Å²) in [4.78, 5) is 24.8. The molecule has 0 aromatic carbocycles. The molecule has 2 N–H and O–H groups in total. The number of aromatic carboxylic acids is 1. The Morgan fingerprint density at radius 2 is 2.10 bits per heavy atom. The molecule has 21 heavy (non-hydrogen) atoms. The molecule has 0 atom stereocenters. The maximum Gasteiger partial charge on any atom is 0.339 e. The van der Waals surface area contributed by atoms with Crippen LogP contribution in [-0.4, -0.2) is 29.7 Å². The highest BCUT2D eigenvalue weighted by Gasteiger charge is 2.39. The van der Waals surface area contributed by atoms with E-state index in [-0.39, 0.29) is 11.5 Å². The van der Waals surface area contributed by atoms with Crippen molar-refractivity contribution in [3.05, 3.63) is 16.0 Å². The Morgan fingerprint density at radius 3 is 2.67 bits per heavy atom. The molecule has 0 spiro atoms. The number of methoxy groups -OCH3 is 1. The van der Waals surface area contributed by atoms with Crippen molar-refractivity contribution >= 4 is 28.2 Å². The summed E-state index contributed by atoms with van der Waals surface area (Å²) in [7, 11) is 1.63. The van der Waals surface area contributed by atoms with Crippen LogP contribution in [0.1, 0.15) is 52.9 Å². The molecule has 1 heterocycles. The maximum atomic E-state index is 12.2. The van der Waals surface area contributed by atoms with Crippen LogP contribution >= 0.6 is 11.3 Å². The van der Waals surface area contributed by atoms with Crippen molar-refractivity contribution < 1.29 is 19.4 Å². The smallest absolute Gasteiger partial charge is 0.339 e. The maximum absolute atomic E-state index is 12.2. The summed E-state index contributed by atoms with van der Waals surface area (Å²) < 4.78 is 5.45. The molecule has 1 saturated carbocycles. The number of hydrogen-bond acceptors (Lipinski definition) is 4. The summed E-state index contributed by atoms with van der Waals surface area (Å²) in [6.07, 6.45) is 5.87. The van der Waals surface area contributed by atoms with Gasteiger partial charge in [-0.25, -0.2) is 4.79 Å². The minimum absolute atomic E-state index is 0.154. The fourth-order valence-electron chi connectivity index (χ4n) is 3.21. The molecule has 0 aliphatic heterocycles. The van der Waals surface area contributed by atoms with Gasteiger partial charge < -0.3 is 15.2 Å². The highest BCUT2D eigenvalue weighted by Crippen LogP contribution is 2.41. The molecule has 0 radical (unpaired) electrons. The number of carbonyl (C=O) groups is 2. The first-order chi connectivity index (χ1) is 10.0. The minimum atomic E-state index is -0.949. The Morgan fingerprint density at radius 1 is 1.33 bits per heavy atom. The molecule has 5 nitrogen and oxygen atoms in total. The summed E-state index contributed by atoms with van der Waals surface area (Å²) in [5.41, 5.74) is 0.863. The van der Waals surface area contributed by atoms with Crippen molar-refractivity contribution in [2.45, 2.75) is 50.5 Å². The van der Waals surface area contributed by atoms with E-state index >= 15 is 0 Å². The molecule has 2 aliphatic rings. The van der Waals surface area contributed by atoms with Crippen molar-refractivity contribution in [1.29, 1.82) is 0 Å². The first-order valence-corrected chi connectivity index (χ1v) is 8.09. The number of amides is 1. The number of hydrogen-bond donors (Lipinski definition) is 2. The fraction of sp³-hybridized carbons (Fsp3) is 0.600. The lowest BCUT2D eigenvalue weighted by atomic mass is 9.77. The third kappa shape index (κ3) is 2.58. The van der Waals surface area contributed by atoms with Gasteiger partial charge in [-0.15, -0.1) is 11.3 Å². The Balaban J connectivity index is 1.76. The van der Waals surface area contributed by atoms with Crippen LogP contribution in [0.3, 0.4) is 0 Å². The summed E-state index contributed by atoms with van der Waals surface area (Å²) in [5.74, 6) is -1.10. The minimum Gasteiger partial charge on any atom is -0.478 e. The predicted octanol–water partition coefficient (Wildman–Crippen LogP) is 2.83. The van der Waals surface area contributed by atoms with Crippen LogP contribution in [0.25, 0.3) is 0 Å². The van der Waals surface area contributed by atoms with E-state index in [2.05, 4.69) is 5.32 Å². The summed E-state index contributed by atoms with van der Waals surface area (Å²) >= 11 is 1.41. The highest BCUT2D eigenvalue weighted by atomic mass is 32.1. The van der Waals surface area contributed by atoms with Crippen LogP contribution in [0.15, 0.2) is 0 Å². The lowest BCUT2D eigenvalue weighted by molar-refractivity contribution is -0.129. The van der Waals surface area contributed by atoms with E-state index in [0.717, 1.165) is 49.0 Å². The average molecular weight is 309 g/mol. The number of carboxylic acid groups (broad SMARTS) is 1. The van der Waals surface area contributed by atoms with Gasteiger partial charge in [-0.05, 0) is 44.1 Å². The number of aryl methyl sites for hydroxylation is 1. The lowest BCUT2D eigenvalue weighted by Gasteiger charge is -2.39. The Labute approximate surface area is 127 Å². The monoisotopic (exact) mass is 309 g/mol. The molecule has 2 aliphatic carbocycles. The Hall–Kier alpha value is -1.40. The van der Waals surface area contributed by atoms with Gasteiger partial charge in [-0.2, -0.15) is 0 Å². The summed E-state index contributed by atoms with van der Waals surface area (Å²) in [5, 5.41) is 12.7. The third-order valence-corrected chi connectivity index (χ3v) is 5.78. The van der Waals surface area contributed by atoms with E-state index < -0.39 is 5.97 Å². The van der Waals surface area contributed by atoms with E-state index in [4.69, 9.17) is 4.74 Å². The zero-order chi connectivity index (χ0) is 15.0. The second kappa shape index (κ2) is 5.42. The van der Waals surface area contributed by atoms with E-state index in [1.165, 1.54) is 11.3 Å². The molecule has 1 aromatic rings. The quantitative estimate of drug-likeness (QED) is 0.877. The average Bonchev–Trinajstić information content (AvgIpc) is 2.93. The van der Waals surface area contributed by atoms with Crippen molar-refractivity contribution in [2.24, 2.45) is 0 Å². The first-order valence-electron chi connectivity index (χ1n) is 7.27. The van der Waals surface area contributed by atoms with Crippen LogP contribution in [0, 0.1) is 0 Å². The van der Waals surface area contributed by atoms with E-state index in [1.54, 1.807) is 7.11 Å². The van der Waals surface area contributed by atoms with Crippen LogP contribution in [0.2, 0.25) is 0 Å². The highest BCUT2D eigenvalue weighted by molar-refractivity contribution is 7.17. The van der Waals surface area contributed by atoms with Gasteiger partial charge >= 0.3 is 5.97 Å². The SMILES string of the molecule is COC1(CC(=O)Nc2sc3c(c2C(=O)O)CCC3)CCC1. The lowest BCUT2D eigenvalue weighted by Crippen LogP contribution is -2.42. The topological polar surface area (TPSA) is 75.6 Å². The number of carboxylic acids is 1. The van der Waals surface area contributed by atoms with Gasteiger partial charge in [0.1, 0.15) is 5.00 Å². The summed E-state index contributed by atoms with van der Waals surface area (Å²) in [6, 6.07) is 0. The van der Waals surface area contributed by atoms with Crippen LogP contribution in [0.5, 0.6) is 0 Å². The van der Waals surface area contributed by atoms with Gasteiger partial charge in [0.05, 0.1) is 17.6 Å². The number of ether oxygens (including phenoxy) is 1. The third-order valence-electron chi connectivity index (χ3n) is 4.57. The first kappa shape index (κ1) is 14.5. The van der Waals surface area contributed by atoms with Gasteiger partial charge in [0.25, 0.3) is 0 Å². The number of carbonyl (C=O) groups excluding carboxylic acids is 1. The zero-order valence-electron chi connectivity index (χ0n) is 12.0. The van der Waals surface area contributed by atoms with Gasteiger partial charge in [0.15, 0.2) is 0 Å². The van der Waals surface area contributed by atoms with Gasteiger partial charge in [0.2, 0.25) is 5.91 Å². The fourth-order valence-corrected chi connectivity index (χ4v) is 4.50. The molecular formula is C15H19NO4S. The van der Waals surface area contributed by atoms with Crippen molar-refractivity contribution in [2.75, 3.05) is 12.4 Å². The van der Waals surface area contributed by atoms with E-state index in [0.29, 0.717) is 17.0 Å². The molecule has 0 saturated heterocycles. The molecule has 0 unspecified atom stereocenters.